The van der Waals surface area contributed by atoms with E-state index >= 15 is 0 Å². The Morgan fingerprint density at radius 2 is 1.89 bits per heavy atom. The van der Waals surface area contributed by atoms with Crippen molar-refractivity contribution < 1.29 is 23.5 Å². The molecule has 6 heteroatoms. The van der Waals surface area contributed by atoms with Gasteiger partial charge in [0.15, 0.2) is 6.10 Å². The molecule has 2 aromatic carbocycles. The summed E-state index contributed by atoms with van der Waals surface area (Å²) >= 11 is 0. The molecule has 1 atom stereocenters. The lowest BCUT2D eigenvalue weighted by molar-refractivity contribution is -0.154. The first-order valence-corrected chi connectivity index (χ1v) is 9.03. The van der Waals surface area contributed by atoms with Crippen LogP contribution in [0.2, 0.25) is 0 Å². The molecule has 0 aliphatic carbocycles. The number of rotatable bonds is 7. The van der Waals surface area contributed by atoms with Gasteiger partial charge >= 0.3 is 5.97 Å². The van der Waals surface area contributed by atoms with Crippen LogP contribution in [0.1, 0.15) is 23.6 Å². The van der Waals surface area contributed by atoms with E-state index in [1.165, 1.54) is 0 Å². The molecule has 0 radical (unpaired) electrons. The van der Waals surface area contributed by atoms with E-state index in [9.17, 15) is 9.59 Å². The van der Waals surface area contributed by atoms with E-state index in [1.807, 2.05) is 49.4 Å². The van der Waals surface area contributed by atoms with Gasteiger partial charge in [-0.2, -0.15) is 0 Å². The van der Waals surface area contributed by atoms with Crippen LogP contribution in [0.25, 0.3) is 11.0 Å². The van der Waals surface area contributed by atoms with Gasteiger partial charge < -0.3 is 19.2 Å². The van der Waals surface area contributed by atoms with Crippen molar-refractivity contribution in [3.05, 3.63) is 65.4 Å². The molecule has 3 aromatic rings. The van der Waals surface area contributed by atoms with Gasteiger partial charge in [-0.05, 0) is 43.2 Å². The van der Waals surface area contributed by atoms with Crippen LogP contribution in [-0.4, -0.2) is 25.1 Å². The average molecular weight is 381 g/mol. The second-order valence-corrected chi connectivity index (χ2v) is 6.64. The average Bonchev–Trinajstić information content (AvgIpc) is 3.07. The summed E-state index contributed by atoms with van der Waals surface area (Å²) in [6, 6.07) is 13.2. The van der Waals surface area contributed by atoms with Crippen LogP contribution in [0.3, 0.4) is 0 Å². The largest absolute Gasteiger partial charge is 0.497 e. The Labute approximate surface area is 163 Å². The Bertz CT molecular complexity index is 974. The van der Waals surface area contributed by atoms with Crippen molar-refractivity contribution in [1.82, 2.24) is 5.32 Å². The predicted molar refractivity (Wildman–Crippen MR) is 105 cm³/mol. The second kappa shape index (κ2) is 8.61. The molecule has 0 aliphatic heterocycles. The van der Waals surface area contributed by atoms with Gasteiger partial charge in [0.05, 0.1) is 19.8 Å². The number of esters is 1. The van der Waals surface area contributed by atoms with Crippen molar-refractivity contribution >= 4 is 22.8 Å². The lowest BCUT2D eigenvalue weighted by atomic mass is 10.1. The Kier molecular flexibility index (Phi) is 5.99. The minimum Gasteiger partial charge on any atom is -0.497 e. The van der Waals surface area contributed by atoms with Crippen LogP contribution < -0.4 is 10.1 Å². The number of furan rings is 1. The Balaban J connectivity index is 1.51. The number of hydrogen-bond acceptors (Lipinski definition) is 5. The third kappa shape index (κ3) is 4.71. The summed E-state index contributed by atoms with van der Waals surface area (Å²) in [5.41, 5.74) is 3.48. The summed E-state index contributed by atoms with van der Waals surface area (Å²) < 4.78 is 15.9. The van der Waals surface area contributed by atoms with Gasteiger partial charge in [-0.15, -0.1) is 0 Å². The van der Waals surface area contributed by atoms with E-state index < -0.39 is 12.1 Å². The van der Waals surface area contributed by atoms with E-state index in [0.29, 0.717) is 6.54 Å². The smallest absolute Gasteiger partial charge is 0.311 e. The molecule has 0 saturated heterocycles. The Morgan fingerprint density at radius 3 is 2.61 bits per heavy atom. The third-order valence-corrected chi connectivity index (χ3v) is 4.45. The van der Waals surface area contributed by atoms with Crippen LogP contribution in [0.4, 0.5) is 0 Å². The summed E-state index contributed by atoms with van der Waals surface area (Å²) in [6.45, 7) is 3.87. The number of aryl methyl sites for hydroxylation is 1. The first-order valence-electron chi connectivity index (χ1n) is 9.03. The second-order valence-electron chi connectivity index (χ2n) is 6.64. The number of methoxy groups -OCH3 is 1. The molecule has 1 N–H and O–H groups in total. The lowest BCUT2D eigenvalue weighted by Crippen LogP contribution is -2.35. The molecule has 6 nitrogen and oxygen atoms in total. The fraction of sp³-hybridized carbons (Fsp3) is 0.273. The SMILES string of the molecule is COc1ccc(CNC(=O)[C@@H](C)OC(=O)Cc2coc3cc(C)ccc23)cc1. The number of benzene rings is 2. The lowest BCUT2D eigenvalue weighted by Gasteiger charge is -2.13. The van der Waals surface area contributed by atoms with Crippen molar-refractivity contribution in [1.29, 1.82) is 0 Å². The van der Waals surface area contributed by atoms with E-state index in [0.717, 1.165) is 33.4 Å². The highest BCUT2D eigenvalue weighted by Crippen LogP contribution is 2.23. The zero-order chi connectivity index (χ0) is 20.1. The van der Waals surface area contributed by atoms with Crippen molar-refractivity contribution in [2.75, 3.05) is 7.11 Å². The van der Waals surface area contributed by atoms with Gasteiger partial charge in [0.25, 0.3) is 5.91 Å². The molecular weight excluding hydrogens is 358 g/mol. The van der Waals surface area contributed by atoms with E-state index in [4.69, 9.17) is 13.9 Å². The highest BCUT2D eigenvalue weighted by atomic mass is 16.5. The quantitative estimate of drug-likeness (QED) is 0.634. The van der Waals surface area contributed by atoms with E-state index in [-0.39, 0.29) is 12.3 Å². The number of amides is 1. The normalized spacial score (nSPS) is 11.8. The highest BCUT2D eigenvalue weighted by Gasteiger charge is 2.19. The maximum absolute atomic E-state index is 12.2. The molecule has 0 unspecified atom stereocenters. The highest BCUT2D eigenvalue weighted by molar-refractivity contribution is 5.88. The molecule has 0 spiro atoms. The standard InChI is InChI=1S/C22H23NO5/c1-14-4-9-19-17(13-27-20(19)10-14)11-21(24)28-15(2)22(25)23-12-16-5-7-18(26-3)8-6-16/h4-10,13,15H,11-12H2,1-3H3,(H,23,25)/t15-/m1/s1. The first-order chi connectivity index (χ1) is 13.5. The molecule has 28 heavy (non-hydrogen) atoms. The summed E-state index contributed by atoms with van der Waals surface area (Å²) in [5, 5.41) is 3.64. The zero-order valence-corrected chi connectivity index (χ0v) is 16.2. The van der Waals surface area contributed by atoms with Crippen molar-refractivity contribution in [2.24, 2.45) is 0 Å². The molecule has 0 bridgehead atoms. The van der Waals surface area contributed by atoms with Crippen LogP contribution in [0.5, 0.6) is 5.75 Å². The van der Waals surface area contributed by atoms with Gasteiger partial charge in [0, 0.05) is 17.5 Å². The number of nitrogens with one attached hydrogen (secondary N) is 1. The maximum atomic E-state index is 12.2. The molecule has 146 valence electrons. The molecule has 1 amide bonds. The number of carbonyl (C=O) groups is 2. The Morgan fingerprint density at radius 1 is 1.14 bits per heavy atom. The monoisotopic (exact) mass is 381 g/mol. The van der Waals surface area contributed by atoms with Crippen LogP contribution >= 0.6 is 0 Å². The molecule has 1 heterocycles. The number of hydrogen-bond donors (Lipinski definition) is 1. The number of fused-ring (bicyclic) bond motifs is 1. The van der Waals surface area contributed by atoms with Gasteiger partial charge in [-0.25, -0.2) is 0 Å². The zero-order valence-electron chi connectivity index (χ0n) is 16.2. The minimum absolute atomic E-state index is 0.0478. The topological polar surface area (TPSA) is 77.8 Å². The summed E-state index contributed by atoms with van der Waals surface area (Å²) in [6.07, 6.45) is 0.720. The van der Waals surface area contributed by atoms with Crippen molar-refractivity contribution in [2.45, 2.75) is 32.9 Å². The fourth-order valence-electron chi connectivity index (χ4n) is 2.85. The molecular formula is C22H23NO5. The van der Waals surface area contributed by atoms with Gasteiger partial charge in [-0.3, -0.25) is 9.59 Å². The maximum Gasteiger partial charge on any atom is 0.311 e. The molecule has 0 fully saturated rings. The van der Waals surface area contributed by atoms with Crippen LogP contribution in [0, 0.1) is 6.92 Å². The van der Waals surface area contributed by atoms with Gasteiger partial charge in [0.1, 0.15) is 11.3 Å². The molecule has 0 saturated carbocycles. The first kappa shape index (κ1) is 19.5. The van der Waals surface area contributed by atoms with Gasteiger partial charge in [-0.1, -0.05) is 24.3 Å². The van der Waals surface area contributed by atoms with Crippen molar-refractivity contribution in [3.63, 3.8) is 0 Å². The summed E-state index contributed by atoms with van der Waals surface area (Å²) in [7, 11) is 1.60. The number of carbonyl (C=O) groups excluding carboxylic acids is 2. The van der Waals surface area contributed by atoms with E-state index in [1.54, 1.807) is 20.3 Å². The van der Waals surface area contributed by atoms with Crippen molar-refractivity contribution in [3.8, 4) is 5.75 Å². The number of ether oxygens (including phenoxy) is 2. The molecule has 0 aliphatic rings. The minimum atomic E-state index is -0.883. The Hall–Kier alpha value is -3.28. The molecule has 1 aromatic heterocycles. The molecule has 3 rings (SSSR count). The summed E-state index contributed by atoms with van der Waals surface area (Å²) in [5.74, 6) is -0.0773. The predicted octanol–water partition coefficient (Wildman–Crippen LogP) is 3.54. The summed E-state index contributed by atoms with van der Waals surface area (Å²) in [4.78, 5) is 24.4. The van der Waals surface area contributed by atoms with Crippen LogP contribution in [0.15, 0.2) is 53.1 Å². The third-order valence-electron chi connectivity index (χ3n) is 4.45. The van der Waals surface area contributed by atoms with E-state index in [2.05, 4.69) is 5.32 Å². The fourth-order valence-corrected chi connectivity index (χ4v) is 2.85. The van der Waals surface area contributed by atoms with Gasteiger partial charge in [0.2, 0.25) is 0 Å². The van der Waals surface area contributed by atoms with Crippen LogP contribution in [-0.2, 0) is 27.3 Å².